The van der Waals surface area contributed by atoms with Crippen molar-refractivity contribution in [2.75, 3.05) is 24.5 Å². The Hall–Kier alpha value is -2.15. The molecule has 7 heteroatoms. The lowest BCUT2D eigenvalue weighted by molar-refractivity contribution is -0.127. The van der Waals surface area contributed by atoms with Crippen LogP contribution in [0.2, 0.25) is 0 Å². The summed E-state index contributed by atoms with van der Waals surface area (Å²) in [5, 5.41) is 8.08. The van der Waals surface area contributed by atoms with Crippen LogP contribution in [0.15, 0.2) is 29.1 Å². The fourth-order valence-corrected chi connectivity index (χ4v) is 4.55. The summed E-state index contributed by atoms with van der Waals surface area (Å²) in [6.07, 6.45) is 4.18. The predicted molar refractivity (Wildman–Crippen MR) is 92.1 cm³/mol. The first-order valence-corrected chi connectivity index (χ1v) is 9.16. The van der Waals surface area contributed by atoms with Crippen LogP contribution in [0, 0.1) is 5.41 Å². The van der Waals surface area contributed by atoms with E-state index >= 15 is 0 Å². The molecule has 1 spiro atoms. The van der Waals surface area contributed by atoms with Gasteiger partial charge < -0.3 is 9.80 Å². The quantitative estimate of drug-likeness (QED) is 0.839. The number of piperidine rings is 1. The zero-order chi connectivity index (χ0) is 16.7. The minimum atomic E-state index is -0.422. The van der Waals surface area contributed by atoms with Crippen LogP contribution in [0.25, 0.3) is 0 Å². The number of amides is 2. The molecule has 24 heavy (non-hydrogen) atoms. The molecule has 0 bridgehead atoms. The maximum atomic E-state index is 13.1. The minimum Gasteiger partial charge on any atom is -0.336 e. The van der Waals surface area contributed by atoms with Gasteiger partial charge in [-0.2, -0.15) is 16.4 Å². The first kappa shape index (κ1) is 15.4. The number of nitrogens with zero attached hydrogens (tertiary/aromatic N) is 4. The number of thiophene rings is 1. The Morgan fingerprint density at radius 3 is 2.88 bits per heavy atom. The van der Waals surface area contributed by atoms with E-state index in [4.69, 9.17) is 0 Å². The molecule has 0 saturated carbocycles. The van der Waals surface area contributed by atoms with Crippen LogP contribution in [0.3, 0.4) is 0 Å². The molecule has 4 rings (SSSR count). The molecule has 2 aliphatic rings. The van der Waals surface area contributed by atoms with Crippen molar-refractivity contribution < 1.29 is 9.59 Å². The molecule has 4 heterocycles. The van der Waals surface area contributed by atoms with Gasteiger partial charge in [-0.05, 0) is 36.8 Å². The standard InChI is InChI=1S/C17H20N4O2S/c1-19-14(3-7-18-19)15(22)20-8-2-5-17(12-20)6-9-21(16(17)23)13-4-10-24-11-13/h3-4,7,10-11H,2,5-6,8-9,12H2,1H3/t17-/m1/s1. The second-order valence-corrected chi connectivity index (χ2v) is 7.42. The van der Waals surface area contributed by atoms with Crippen molar-refractivity contribution in [3.8, 4) is 0 Å². The normalized spacial score (nSPS) is 24.1. The summed E-state index contributed by atoms with van der Waals surface area (Å²) in [6, 6.07) is 3.72. The molecule has 0 aliphatic carbocycles. The fraction of sp³-hybridized carbons (Fsp3) is 0.471. The Balaban J connectivity index is 1.56. The fourth-order valence-electron chi connectivity index (χ4n) is 3.91. The molecule has 2 aliphatic heterocycles. The summed E-state index contributed by atoms with van der Waals surface area (Å²) < 4.78 is 1.59. The molecule has 1 atom stereocenters. The van der Waals surface area contributed by atoms with Crippen molar-refractivity contribution in [3.63, 3.8) is 0 Å². The molecule has 2 saturated heterocycles. The molecule has 0 aromatic carbocycles. The zero-order valence-corrected chi connectivity index (χ0v) is 14.5. The SMILES string of the molecule is Cn1nccc1C(=O)N1CCC[C@@]2(CCN(c3ccsc3)C2=O)C1. The van der Waals surface area contributed by atoms with Crippen molar-refractivity contribution >= 4 is 28.8 Å². The van der Waals surface area contributed by atoms with Gasteiger partial charge in [-0.3, -0.25) is 14.3 Å². The van der Waals surface area contributed by atoms with Crippen LogP contribution in [0.1, 0.15) is 29.8 Å². The van der Waals surface area contributed by atoms with Gasteiger partial charge in [-0.15, -0.1) is 0 Å². The molecule has 0 unspecified atom stereocenters. The highest BCUT2D eigenvalue weighted by Crippen LogP contribution is 2.42. The maximum Gasteiger partial charge on any atom is 0.272 e. The van der Waals surface area contributed by atoms with Crippen molar-refractivity contribution in [1.82, 2.24) is 14.7 Å². The third-order valence-electron chi connectivity index (χ3n) is 5.23. The number of anilines is 1. The van der Waals surface area contributed by atoms with E-state index in [0.717, 1.165) is 31.5 Å². The van der Waals surface area contributed by atoms with Gasteiger partial charge in [0, 0.05) is 38.3 Å². The molecule has 2 amide bonds. The topological polar surface area (TPSA) is 58.4 Å². The second kappa shape index (κ2) is 5.73. The highest BCUT2D eigenvalue weighted by atomic mass is 32.1. The van der Waals surface area contributed by atoms with Gasteiger partial charge in [-0.25, -0.2) is 0 Å². The summed E-state index contributed by atoms with van der Waals surface area (Å²) in [6.45, 7) is 1.96. The number of aromatic nitrogens is 2. The number of rotatable bonds is 2. The van der Waals surface area contributed by atoms with Crippen LogP contribution >= 0.6 is 11.3 Å². The van der Waals surface area contributed by atoms with Gasteiger partial charge in [0.1, 0.15) is 5.69 Å². The number of hydrogen-bond acceptors (Lipinski definition) is 4. The summed E-state index contributed by atoms with van der Waals surface area (Å²) in [5.74, 6) is 0.138. The lowest BCUT2D eigenvalue weighted by Crippen LogP contribution is -2.50. The van der Waals surface area contributed by atoms with Crippen LogP contribution < -0.4 is 4.90 Å². The molecule has 2 aromatic heterocycles. The third kappa shape index (κ3) is 2.34. The summed E-state index contributed by atoms with van der Waals surface area (Å²) in [5.41, 5.74) is 1.14. The van der Waals surface area contributed by atoms with E-state index in [0.29, 0.717) is 18.8 Å². The molecule has 0 N–H and O–H groups in total. The first-order chi connectivity index (χ1) is 11.6. The number of hydrogen-bond donors (Lipinski definition) is 0. The van der Waals surface area contributed by atoms with Gasteiger partial charge >= 0.3 is 0 Å². The number of aryl methyl sites for hydroxylation is 1. The van der Waals surface area contributed by atoms with Gasteiger partial charge in [-0.1, -0.05) is 0 Å². The Labute approximate surface area is 144 Å². The third-order valence-corrected chi connectivity index (χ3v) is 5.91. The van der Waals surface area contributed by atoms with E-state index in [9.17, 15) is 9.59 Å². The molecule has 2 aromatic rings. The van der Waals surface area contributed by atoms with Crippen LogP contribution in [0.4, 0.5) is 5.69 Å². The van der Waals surface area contributed by atoms with Gasteiger partial charge in [0.2, 0.25) is 5.91 Å². The monoisotopic (exact) mass is 344 g/mol. The van der Waals surface area contributed by atoms with E-state index in [1.54, 1.807) is 35.3 Å². The van der Waals surface area contributed by atoms with E-state index < -0.39 is 5.41 Å². The Morgan fingerprint density at radius 2 is 2.17 bits per heavy atom. The number of carbonyl (C=O) groups is 2. The summed E-state index contributed by atoms with van der Waals surface area (Å²) >= 11 is 1.60. The second-order valence-electron chi connectivity index (χ2n) is 6.64. The van der Waals surface area contributed by atoms with E-state index in [2.05, 4.69) is 5.10 Å². The van der Waals surface area contributed by atoms with Crippen molar-refractivity contribution in [2.24, 2.45) is 12.5 Å². The van der Waals surface area contributed by atoms with E-state index in [-0.39, 0.29) is 11.8 Å². The first-order valence-electron chi connectivity index (χ1n) is 8.22. The van der Waals surface area contributed by atoms with E-state index in [1.165, 1.54) is 0 Å². The largest absolute Gasteiger partial charge is 0.336 e. The van der Waals surface area contributed by atoms with Crippen LogP contribution in [-0.2, 0) is 11.8 Å². The summed E-state index contributed by atoms with van der Waals surface area (Å²) in [4.78, 5) is 29.6. The lowest BCUT2D eigenvalue weighted by atomic mass is 9.78. The average molecular weight is 344 g/mol. The summed E-state index contributed by atoms with van der Waals surface area (Å²) in [7, 11) is 1.77. The van der Waals surface area contributed by atoms with Crippen LogP contribution in [0.5, 0.6) is 0 Å². The minimum absolute atomic E-state index is 0.0316. The Kier molecular flexibility index (Phi) is 3.68. The highest BCUT2D eigenvalue weighted by molar-refractivity contribution is 7.08. The molecule has 6 nitrogen and oxygen atoms in total. The zero-order valence-electron chi connectivity index (χ0n) is 13.6. The van der Waals surface area contributed by atoms with Crippen molar-refractivity contribution in [2.45, 2.75) is 19.3 Å². The molecular weight excluding hydrogens is 324 g/mol. The van der Waals surface area contributed by atoms with Crippen LogP contribution in [-0.4, -0.2) is 46.1 Å². The molecule has 0 radical (unpaired) electrons. The maximum absolute atomic E-state index is 13.1. The highest BCUT2D eigenvalue weighted by Gasteiger charge is 2.50. The van der Waals surface area contributed by atoms with Crippen molar-refractivity contribution in [1.29, 1.82) is 0 Å². The molecule has 126 valence electrons. The van der Waals surface area contributed by atoms with Gasteiger partial charge in [0.15, 0.2) is 0 Å². The molecular formula is C17H20N4O2S. The average Bonchev–Trinajstić information content (AvgIpc) is 3.31. The van der Waals surface area contributed by atoms with Gasteiger partial charge in [0.25, 0.3) is 5.91 Å². The number of likely N-dealkylation sites (tertiary alicyclic amines) is 1. The Bertz CT molecular complexity index is 769. The Morgan fingerprint density at radius 1 is 1.29 bits per heavy atom. The predicted octanol–water partition coefficient (Wildman–Crippen LogP) is 2.14. The number of carbonyl (C=O) groups excluding carboxylic acids is 2. The smallest absolute Gasteiger partial charge is 0.272 e. The lowest BCUT2D eigenvalue weighted by Gasteiger charge is -2.38. The van der Waals surface area contributed by atoms with Gasteiger partial charge in [0.05, 0.1) is 11.1 Å². The van der Waals surface area contributed by atoms with E-state index in [1.807, 2.05) is 26.6 Å². The van der Waals surface area contributed by atoms with Crippen molar-refractivity contribution in [3.05, 3.63) is 34.8 Å². The molecule has 2 fully saturated rings.